The topological polar surface area (TPSA) is 0 Å². The highest BCUT2D eigenvalue weighted by atomic mass is 14.5. The molecule has 2 aliphatic carbocycles. The summed E-state index contributed by atoms with van der Waals surface area (Å²) in [6, 6.07) is 0. The molecule has 2 aliphatic rings. The molecule has 0 radical (unpaired) electrons. The summed E-state index contributed by atoms with van der Waals surface area (Å²) in [7, 11) is 0. The molecule has 0 spiro atoms. The van der Waals surface area contributed by atoms with Crippen molar-refractivity contribution in [3.05, 3.63) is 0 Å². The standard InChI is InChI=1S/C7H12/c1-5-2-3-6-4-7(5)6/h5-7H,2-4H2,1H3. The molecule has 0 nitrogen and oxygen atoms in total. The molecule has 0 heterocycles. The van der Waals surface area contributed by atoms with Gasteiger partial charge in [-0.2, -0.15) is 0 Å². The SMILES string of the molecule is CC1CCC2CC12. The maximum absolute atomic E-state index is 2.40. The van der Waals surface area contributed by atoms with E-state index in [1.165, 1.54) is 18.3 Å². The Labute approximate surface area is 44.9 Å². The first kappa shape index (κ1) is 3.94. The number of rotatable bonds is 0. The summed E-state index contributed by atoms with van der Waals surface area (Å²) in [4.78, 5) is 0. The Balaban J connectivity index is 2.08. The van der Waals surface area contributed by atoms with Crippen molar-refractivity contribution in [3.63, 3.8) is 0 Å². The van der Waals surface area contributed by atoms with Gasteiger partial charge < -0.3 is 0 Å². The van der Waals surface area contributed by atoms with Crippen LogP contribution in [0.2, 0.25) is 0 Å². The van der Waals surface area contributed by atoms with Gasteiger partial charge in [0.25, 0.3) is 0 Å². The van der Waals surface area contributed by atoms with E-state index in [2.05, 4.69) is 6.92 Å². The molecule has 2 fully saturated rings. The second-order valence-corrected chi connectivity index (χ2v) is 3.21. The zero-order valence-corrected chi connectivity index (χ0v) is 4.85. The molecule has 2 rings (SSSR count). The minimum Gasteiger partial charge on any atom is -0.0622 e. The van der Waals surface area contributed by atoms with Crippen molar-refractivity contribution in [1.29, 1.82) is 0 Å². The van der Waals surface area contributed by atoms with Crippen molar-refractivity contribution in [3.8, 4) is 0 Å². The average Bonchev–Trinajstić information content (AvgIpc) is 2.33. The van der Waals surface area contributed by atoms with Crippen molar-refractivity contribution in [1.82, 2.24) is 0 Å². The van der Waals surface area contributed by atoms with Crippen LogP contribution in [0.15, 0.2) is 0 Å². The van der Waals surface area contributed by atoms with Crippen LogP contribution in [0.1, 0.15) is 26.2 Å². The molecule has 2 saturated carbocycles. The highest BCUT2D eigenvalue weighted by Crippen LogP contribution is 2.54. The van der Waals surface area contributed by atoms with E-state index in [1.807, 2.05) is 0 Å². The van der Waals surface area contributed by atoms with Crippen LogP contribution in [0.5, 0.6) is 0 Å². The van der Waals surface area contributed by atoms with Gasteiger partial charge in [-0.1, -0.05) is 13.3 Å². The molecule has 0 amide bonds. The van der Waals surface area contributed by atoms with Crippen molar-refractivity contribution < 1.29 is 0 Å². The molecule has 0 aromatic heterocycles. The largest absolute Gasteiger partial charge is 0.0622 e. The molecule has 0 N–H and O–H groups in total. The van der Waals surface area contributed by atoms with Gasteiger partial charge in [-0.3, -0.25) is 0 Å². The van der Waals surface area contributed by atoms with E-state index in [9.17, 15) is 0 Å². The first-order valence-corrected chi connectivity index (χ1v) is 3.38. The maximum atomic E-state index is 2.40. The maximum Gasteiger partial charge on any atom is -0.0357 e. The van der Waals surface area contributed by atoms with Gasteiger partial charge in [-0.05, 0) is 30.6 Å². The van der Waals surface area contributed by atoms with E-state index < -0.39 is 0 Å². The van der Waals surface area contributed by atoms with E-state index in [-0.39, 0.29) is 0 Å². The first-order chi connectivity index (χ1) is 3.38. The third-order valence-electron chi connectivity index (χ3n) is 2.70. The fraction of sp³-hybridized carbons (Fsp3) is 1.00. The van der Waals surface area contributed by atoms with Crippen LogP contribution < -0.4 is 0 Å². The first-order valence-electron chi connectivity index (χ1n) is 3.38. The van der Waals surface area contributed by atoms with E-state index in [4.69, 9.17) is 0 Å². The van der Waals surface area contributed by atoms with Gasteiger partial charge in [0.1, 0.15) is 0 Å². The van der Waals surface area contributed by atoms with Crippen molar-refractivity contribution in [2.45, 2.75) is 26.2 Å². The summed E-state index contributed by atoms with van der Waals surface area (Å²) >= 11 is 0. The van der Waals surface area contributed by atoms with Crippen LogP contribution in [-0.4, -0.2) is 0 Å². The Morgan fingerprint density at radius 1 is 1.29 bits per heavy atom. The van der Waals surface area contributed by atoms with Gasteiger partial charge in [-0.25, -0.2) is 0 Å². The van der Waals surface area contributed by atoms with Crippen molar-refractivity contribution >= 4 is 0 Å². The highest BCUT2D eigenvalue weighted by Gasteiger charge is 2.45. The van der Waals surface area contributed by atoms with Gasteiger partial charge in [0.2, 0.25) is 0 Å². The predicted octanol–water partition coefficient (Wildman–Crippen LogP) is 2.05. The second-order valence-electron chi connectivity index (χ2n) is 3.21. The highest BCUT2D eigenvalue weighted by molar-refractivity contribution is 4.95. The Hall–Kier alpha value is 0. The van der Waals surface area contributed by atoms with Crippen molar-refractivity contribution in [2.24, 2.45) is 17.8 Å². The minimum atomic E-state index is 1.09. The Morgan fingerprint density at radius 3 is 2.29 bits per heavy atom. The van der Waals surface area contributed by atoms with Crippen LogP contribution in [0.25, 0.3) is 0 Å². The summed E-state index contributed by atoms with van der Waals surface area (Å²) in [5.41, 5.74) is 0. The smallest absolute Gasteiger partial charge is 0.0357 e. The molecular weight excluding hydrogens is 84.1 g/mol. The molecular formula is C7H12. The zero-order chi connectivity index (χ0) is 4.85. The average molecular weight is 96.2 g/mol. The molecule has 0 aromatic carbocycles. The quantitative estimate of drug-likeness (QED) is 0.433. The summed E-state index contributed by atoms with van der Waals surface area (Å²) in [6.45, 7) is 2.40. The summed E-state index contributed by atoms with van der Waals surface area (Å²) < 4.78 is 0. The van der Waals surface area contributed by atoms with E-state index in [1.54, 1.807) is 12.8 Å². The Morgan fingerprint density at radius 2 is 2.14 bits per heavy atom. The minimum absolute atomic E-state index is 1.09. The number of hydrogen-bond acceptors (Lipinski definition) is 0. The predicted molar refractivity (Wildman–Crippen MR) is 30.0 cm³/mol. The van der Waals surface area contributed by atoms with Gasteiger partial charge in [0.15, 0.2) is 0 Å². The van der Waals surface area contributed by atoms with Crippen LogP contribution in [0.4, 0.5) is 0 Å². The molecule has 0 aromatic rings. The zero-order valence-electron chi connectivity index (χ0n) is 4.85. The van der Waals surface area contributed by atoms with E-state index in [0.29, 0.717) is 0 Å². The molecule has 0 heteroatoms. The van der Waals surface area contributed by atoms with E-state index >= 15 is 0 Å². The molecule has 3 unspecified atom stereocenters. The Bertz CT molecular complexity index is 86.0. The number of hydrogen-bond donors (Lipinski definition) is 0. The third-order valence-corrected chi connectivity index (χ3v) is 2.70. The lowest BCUT2D eigenvalue weighted by Crippen LogP contribution is -1.88. The van der Waals surface area contributed by atoms with Crippen LogP contribution in [0.3, 0.4) is 0 Å². The molecule has 0 aliphatic heterocycles. The molecule has 40 valence electrons. The van der Waals surface area contributed by atoms with Gasteiger partial charge in [0, 0.05) is 0 Å². The summed E-state index contributed by atoms with van der Waals surface area (Å²) in [5.74, 6) is 3.46. The van der Waals surface area contributed by atoms with E-state index in [0.717, 1.165) is 5.92 Å². The monoisotopic (exact) mass is 96.1 g/mol. The van der Waals surface area contributed by atoms with Crippen molar-refractivity contribution in [2.75, 3.05) is 0 Å². The van der Waals surface area contributed by atoms with Crippen LogP contribution in [0, 0.1) is 17.8 Å². The Kier molecular flexibility index (Phi) is 0.586. The molecule has 7 heavy (non-hydrogen) atoms. The fourth-order valence-electron chi connectivity index (χ4n) is 1.99. The lowest BCUT2D eigenvalue weighted by Gasteiger charge is -1.98. The molecule has 0 saturated heterocycles. The fourth-order valence-corrected chi connectivity index (χ4v) is 1.99. The van der Waals surface area contributed by atoms with Gasteiger partial charge in [0.05, 0.1) is 0 Å². The third kappa shape index (κ3) is 0.427. The lowest BCUT2D eigenvalue weighted by atomic mass is 10.1. The normalized spacial score (nSPS) is 57.0. The van der Waals surface area contributed by atoms with Crippen LogP contribution in [-0.2, 0) is 0 Å². The molecule has 3 atom stereocenters. The second kappa shape index (κ2) is 1.04. The summed E-state index contributed by atoms with van der Waals surface area (Å²) in [6.07, 6.45) is 4.64. The van der Waals surface area contributed by atoms with Gasteiger partial charge >= 0.3 is 0 Å². The van der Waals surface area contributed by atoms with Crippen LogP contribution >= 0.6 is 0 Å². The molecule has 0 bridgehead atoms. The number of fused-ring (bicyclic) bond motifs is 1. The van der Waals surface area contributed by atoms with Gasteiger partial charge in [-0.15, -0.1) is 0 Å². The summed E-state index contributed by atoms with van der Waals surface area (Å²) in [5, 5.41) is 0. The lowest BCUT2D eigenvalue weighted by molar-refractivity contribution is 0.530.